The predicted molar refractivity (Wildman–Crippen MR) is 38.7 cm³/mol. The molecule has 0 aromatic carbocycles. The summed E-state index contributed by atoms with van der Waals surface area (Å²) in [7, 11) is 0. The van der Waals surface area contributed by atoms with Crippen molar-refractivity contribution in [2.24, 2.45) is 5.73 Å². The van der Waals surface area contributed by atoms with E-state index in [1.54, 1.807) is 17.1 Å². The van der Waals surface area contributed by atoms with Gasteiger partial charge in [0, 0.05) is 12.7 Å². The fourth-order valence-corrected chi connectivity index (χ4v) is 0.701. The molecular weight excluding hydrogens is 144 g/mol. The molecule has 1 rings (SSSR count). The number of nitrogens with zero attached hydrogens (tertiary/aromatic N) is 3. The van der Waals surface area contributed by atoms with Gasteiger partial charge in [-0.15, -0.1) is 5.10 Å². The maximum absolute atomic E-state index is 10.1. The number of aldehydes is 1. The first kappa shape index (κ1) is 7.87. The van der Waals surface area contributed by atoms with E-state index in [4.69, 9.17) is 5.73 Å². The second-order valence-electron chi connectivity index (χ2n) is 2.25. The lowest BCUT2D eigenvalue weighted by molar-refractivity contribution is -0.109. The van der Waals surface area contributed by atoms with Gasteiger partial charge in [-0.25, -0.2) is 0 Å². The van der Waals surface area contributed by atoms with Crippen molar-refractivity contribution >= 4 is 6.29 Å². The van der Waals surface area contributed by atoms with E-state index in [0.29, 0.717) is 13.0 Å². The molecule has 2 N–H and O–H groups in total. The van der Waals surface area contributed by atoms with Gasteiger partial charge in [-0.2, -0.15) is 0 Å². The van der Waals surface area contributed by atoms with Gasteiger partial charge in [0.15, 0.2) is 0 Å². The van der Waals surface area contributed by atoms with Crippen molar-refractivity contribution < 1.29 is 4.79 Å². The van der Waals surface area contributed by atoms with Gasteiger partial charge in [-0.05, 0) is 6.42 Å². The lowest BCUT2D eigenvalue weighted by Crippen LogP contribution is -2.23. The van der Waals surface area contributed by atoms with Crippen LogP contribution in [0.4, 0.5) is 0 Å². The fourth-order valence-electron chi connectivity index (χ4n) is 0.701. The monoisotopic (exact) mass is 154 g/mol. The summed E-state index contributed by atoms with van der Waals surface area (Å²) in [6.07, 6.45) is 4.66. The number of carbonyl (C=O) groups excluding carboxylic acids is 1. The van der Waals surface area contributed by atoms with Crippen LogP contribution in [0, 0.1) is 0 Å². The van der Waals surface area contributed by atoms with Gasteiger partial charge in [0.05, 0.1) is 12.2 Å². The molecule has 1 aromatic heterocycles. The third kappa shape index (κ3) is 2.46. The number of rotatable bonds is 4. The topological polar surface area (TPSA) is 73.8 Å². The number of carbonyl (C=O) groups is 1. The summed E-state index contributed by atoms with van der Waals surface area (Å²) in [6.45, 7) is 0.639. The molecule has 5 nitrogen and oxygen atoms in total. The van der Waals surface area contributed by atoms with Crippen molar-refractivity contribution in [3.8, 4) is 0 Å². The number of hydrogen-bond acceptors (Lipinski definition) is 4. The molecule has 0 aliphatic heterocycles. The molecule has 0 saturated heterocycles. The zero-order valence-corrected chi connectivity index (χ0v) is 6.05. The Morgan fingerprint density at radius 2 is 2.55 bits per heavy atom. The van der Waals surface area contributed by atoms with Gasteiger partial charge >= 0.3 is 0 Å². The van der Waals surface area contributed by atoms with Crippen LogP contribution in [-0.4, -0.2) is 27.3 Å². The van der Waals surface area contributed by atoms with Crippen LogP contribution in [0.5, 0.6) is 0 Å². The van der Waals surface area contributed by atoms with E-state index in [1.165, 1.54) is 0 Å². The second kappa shape index (κ2) is 3.82. The molecular formula is C6H10N4O. The van der Waals surface area contributed by atoms with Crippen LogP contribution in [0.15, 0.2) is 12.4 Å². The Balaban J connectivity index is 2.28. The van der Waals surface area contributed by atoms with Crippen molar-refractivity contribution in [1.82, 2.24) is 15.0 Å². The van der Waals surface area contributed by atoms with Gasteiger partial charge < -0.3 is 10.5 Å². The number of aryl methyl sites for hydroxylation is 1. The summed E-state index contributed by atoms with van der Waals surface area (Å²) in [6, 6.07) is -0.390. The maximum atomic E-state index is 10.1. The molecule has 0 bridgehead atoms. The molecule has 0 radical (unpaired) electrons. The van der Waals surface area contributed by atoms with Crippen LogP contribution in [-0.2, 0) is 11.3 Å². The quantitative estimate of drug-likeness (QED) is 0.576. The van der Waals surface area contributed by atoms with E-state index in [1.807, 2.05) is 0 Å². The Kier molecular flexibility index (Phi) is 2.74. The average molecular weight is 154 g/mol. The highest BCUT2D eigenvalue weighted by Crippen LogP contribution is 1.89. The highest BCUT2D eigenvalue weighted by molar-refractivity contribution is 5.56. The van der Waals surface area contributed by atoms with Gasteiger partial charge in [0.2, 0.25) is 0 Å². The summed E-state index contributed by atoms with van der Waals surface area (Å²) < 4.78 is 1.64. The fraction of sp³-hybridized carbons (Fsp3) is 0.500. The van der Waals surface area contributed by atoms with Crippen molar-refractivity contribution in [1.29, 1.82) is 0 Å². The molecule has 1 aromatic rings. The molecule has 0 saturated carbocycles. The predicted octanol–water partition coefficient (Wildman–Crippen LogP) is -0.806. The van der Waals surface area contributed by atoms with Crippen molar-refractivity contribution in [3.63, 3.8) is 0 Å². The minimum absolute atomic E-state index is 0.390. The number of aromatic nitrogens is 3. The summed E-state index contributed by atoms with van der Waals surface area (Å²) in [5.41, 5.74) is 5.36. The zero-order chi connectivity index (χ0) is 8.10. The standard InChI is InChI=1S/C6H10N4O/c7-6(5-11)1-3-10-4-2-8-9-10/h2,4-6H,1,3,7H2. The zero-order valence-electron chi connectivity index (χ0n) is 6.05. The molecule has 0 aliphatic rings. The normalized spacial score (nSPS) is 12.8. The molecule has 0 fully saturated rings. The third-order valence-electron chi connectivity index (χ3n) is 1.34. The highest BCUT2D eigenvalue weighted by Gasteiger charge is 1.99. The smallest absolute Gasteiger partial charge is 0.136 e. The first-order valence-corrected chi connectivity index (χ1v) is 3.38. The first-order chi connectivity index (χ1) is 5.33. The van der Waals surface area contributed by atoms with E-state index >= 15 is 0 Å². The Hall–Kier alpha value is -1.23. The second-order valence-corrected chi connectivity index (χ2v) is 2.25. The van der Waals surface area contributed by atoms with Gasteiger partial charge in [0.1, 0.15) is 6.29 Å². The van der Waals surface area contributed by atoms with Gasteiger partial charge in [-0.3, -0.25) is 4.68 Å². The number of hydrogen-bond donors (Lipinski definition) is 1. The molecule has 5 heteroatoms. The van der Waals surface area contributed by atoms with E-state index in [2.05, 4.69) is 10.3 Å². The third-order valence-corrected chi connectivity index (χ3v) is 1.34. The van der Waals surface area contributed by atoms with Crippen molar-refractivity contribution in [2.75, 3.05) is 0 Å². The molecule has 11 heavy (non-hydrogen) atoms. The summed E-state index contributed by atoms with van der Waals surface area (Å²) in [5, 5.41) is 7.33. The minimum Gasteiger partial charge on any atom is -0.322 e. The van der Waals surface area contributed by atoms with Crippen molar-refractivity contribution in [3.05, 3.63) is 12.4 Å². The van der Waals surface area contributed by atoms with Crippen LogP contribution in [0.3, 0.4) is 0 Å². The van der Waals surface area contributed by atoms with Crippen LogP contribution < -0.4 is 5.73 Å². The first-order valence-electron chi connectivity index (χ1n) is 3.38. The maximum Gasteiger partial charge on any atom is 0.136 e. The Morgan fingerprint density at radius 3 is 3.09 bits per heavy atom. The molecule has 0 amide bonds. The van der Waals surface area contributed by atoms with E-state index in [-0.39, 0.29) is 6.04 Å². The lowest BCUT2D eigenvalue weighted by Gasteiger charge is -2.01. The van der Waals surface area contributed by atoms with Gasteiger partial charge in [0.25, 0.3) is 0 Å². The molecule has 0 aliphatic carbocycles. The van der Waals surface area contributed by atoms with Crippen LogP contribution in [0.1, 0.15) is 6.42 Å². The van der Waals surface area contributed by atoms with E-state index in [9.17, 15) is 4.79 Å². The molecule has 60 valence electrons. The van der Waals surface area contributed by atoms with Gasteiger partial charge in [-0.1, -0.05) is 5.21 Å². The van der Waals surface area contributed by atoms with Crippen LogP contribution in [0.2, 0.25) is 0 Å². The SMILES string of the molecule is NC(C=O)CCn1ccnn1. The summed E-state index contributed by atoms with van der Waals surface area (Å²) >= 11 is 0. The van der Waals surface area contributed by atoms with Crippen LogP contribution >= 0.6 is 0 Å². The molecule has 0 spiro atoms. The number of nitrogens with two attached hydrogens (primary N) is 1. The average Bonchev–Trinajstić information content (AvgIpc) is 2.52. The van der Waals surface area contributed by atoms with E-state index < -0.39 is 0 Å². The molecule has 1 heterocycles. The van der Waals surface area contributed by atoms with Crippen molar-refractivity contribution in [2.45, 2.75) is 19.0 Å². The Labute approximate surface area is 64.2 Å². The highest BCUT2D eigenvalue weighted by atomic mass is 16.1. The largest absolute Gasteiger partial charge is 0.322 e. The molecule has 1 unspecified atom stereocenters. The van der Waals surface area contributed by atoms with Crippen LogP contribution in [0.25, 0.3) is 0 Å². The van der Waals surface area contributed by atoms with E-state index in [0.717, 1.165) is 6.29 Å². The minimum atomic E-state index is -0.390. The Bertz CT molecular complexity index is 208. The lowest BCUT2D eigenvalue weighted by atomic mass is 10.2. The molecule has 1 atom stereocenters. The summed E-state index contributed by atoms with van der Waals surface area (Å²) in [5.74, 6) is 0. The summed E-state index contributed by atoms with van der Waals surface area (Å²) in [4.78, 5) is 10.1. The Morgan fingerprint density at radius 1 is 1.73 bits per heavy atom.